The first kappa shape index (κ1) is 9.50. The van der Waals surface area contributed by atoms with Crippen LogP contribution in [-0.2, 0) is 0 Å². The molecule has 0 heterocycles. The summed E-state index contributed by atoms with van der Waals surface area (Å²) < 4.78 is 0. The van der Waals surface area contributed by atoms with Crippen molar-refractivity contribution in [1.29, 1.82) is 5.26 Å². The van der Waals surface area contributed by atoms with Gasteiger partial charge in [-0.2, -0.15) is 5.26 Å². The summed E-state index contributed by atoms with van der Waals surface area (Å²) in [6, 6.07) is 8.93. The maximum atomic E-state index is 9.53. The van der Waals surface area contributed by atoms with Gasteiger partial charge in [-0.05, 0) is 24.1 Å². The molecular formula is C11H11NO. The van der Waals surface area contributed by atoms with Gasteiger partial charge in [0, 0.05) is 0 Å². The summed E-state index contributed by atoms with van der Waals surface area (Å²) >= 11 is 0. The van der Waals surface area contributed by atoms with E-state index in [9.17, 15) is 5.11 Å². The molecular weight excluding hydrogens is 162 g/mol. The molecule has 0 radical (unpaired) electrons. The van der Waals surface area contributed by atoms with E-state index < -0.39 is 6.10 Å². The fourth-order valence-corrected chi connectivity index (χ4v) is 1.07. The van der Waals surface area contributed by atoms with Crippen LogP contribution < -0.4 is 0 Å². The third-order valence-corrected chi connectivity index (χ3v) is 1.81. The van der Waals surface area contributed by atoms with E-state index in [2.05, 4.69) is 6.58 Å². The van der Waals surface area contributed by atoms with Gasteiger partial charge in [0.2, 0.25) is 0 Å². The molecule has 0 aliphatic carbocycles. The van der Waals surface area contributed by atoms with Gasteiger partial charge in [-0.15, -0.1) is 6.58 Å². The molecule has 0 aromatic heterocycles. The Hall–Kier alpha value is -1.59. The summed E-state index contributed by atoms with van der Waals surface area (Å²) in [4.78, 5) is 0. The Morgan fingerprint density at radius 2 is 2.08 bits per heavy atom. The van der Waals surface area contributed by atoms with Crippen LogP contribution in [-0.4, -0.2) is 5.11 Å². The van der Waals surface area contributed by atoms with E-state index >= 15 is 0 Å². The van der Waals surface area contributed by atoms with Crippen molar-refractivity contribution in [2.24, 2.45) is 0 Å². The molecule has 0 aliphatic rings. The van der Waals surface area contributed by atoms with Crippen LogP contribution in [0.4, 0.5) is 0 Å². The molecule has 0 fully saturated rings. The minimum Gasteiger partial charge on any atom is -0.388 e. The molecule has 0 aliphatic heterocycles. The predicted octanol–water partition coefficient (Wildman–Crippen LogP) is 2.17. The lowest BCUT2D eigenvalue weighted by Gasteiger charge is -2.07. The Kier molecular flexibility index (Phi) is 3.24. The van der Waals surface area contributed by atoms with E-state index in [4.69, 9.17) is 5.26 Å². The van der Waals surface area contributed by atoms with Crippen molar-refractivity contribution in [1.82, 2.24) is 0 Å². The molecule has 13 heavy (non-hydrogen) atoms. The van der Waals surface area contributed by atoms with Crippen LogP contribution in [0.1, 0.15) is 23.7 Å². The normalized spacial score (nSPS) is 11.7. The molecule has 2 nitrogen and oxygen atoms in total. The zero-order valence-electron chi connectivity index (χ0n) is 7.27. The fourth-order valence-electron chi connectivity index (χ4n) is 1.07. The smallest absolute Gasteiger partial charge is 0.0991 e. The van der Waals surface area contributed by atoms with Crippen molar-refractivity contribution < 1.29 is 5.11 Å². The highest BCUT2D eigenvalue weighted by Gasteiger charge is 2.03. The largest absolute Gasteiger partial charge is 0.388 e. The van der Waals surface area contributed by atoms with Crippen LogP contribution in [0.3, 0.4) is 0 Å². The molecule has 0 spiro atoms. The number of hydrogen-bond donors (Lipinski definition) is 1. The zero-order valence-corrected chi connectivity index (χ0v) is 7.27. The standard InChI is InChI=1S/C11H11NO/c1-2-3-11(13)10-6-4-9(8-12)5-7-10/h2,4-7,11,13H,1,3H2. The molecule has 1 aromatic rings. The van der Waals surface area contributed by atoms with Gasteiger partial charge in [0.05, 0.1) is 17.7 Å². The Balaban J connectivity index is 2.80. The second-order valence-electron chi connectivity index (χ2n) is 2.77. The molecule has 0 bridgehead atoms. The predicted molar refractivity (Wildman–Crippen MR) is 50.9 cm³/mol. The van der Waals surface area contributed by atoms with Crippen molar-refractivity contribution in [3.63, 3.8) is 0 Å². The molecule has 2 heteroatoms. The molecule has 1 N–H and O–H groups in total. The van der Waals surface area contributed by atoms with Crippen molar-refractivity contribution in [3.8, 4) is 6.07 Å². The van der Waals surface area contributed by atoms with E-state index in [0.717, 1.165) is 5.56 Å². The number of aliphatic hydroxyl groups excluding tert-OH is 1. The van der Waals surface area contributed by atoms with Crippen molar-refractivity contribution in [2.45, 2.75) is 12.5 Å². The van der Waals surface area contributed by atoms with Crippen LogP contribution in [0.2, 0.25) is 0 Å². The van der Waals surface area contributed by atoms with Gasteiger partial charge >= 0.3 is 0 Å². The molecule has 0 saturated heterocycles. The number of benzene rings is 1. The van der Waals surface area contributed by atoms with Crippen molar-refractivity contribution in [2.75, 3.05) is 0 Å². The molecule has 1 atom stereocenters. The van der Waals surface area contributed by atoms with Crippen LogP contribution in [0.15, 0.2) is 36.9 Å². The Morgan fingerprint density at radius 1 is 1.46 bits per heavy atom. The lowest BCUT2D eigenvalue weighted by molar-refractivity contribution is 0.181. The highest BCUT2D eigenvalue weighted by Crippen LogP contribution is 2.16. The average molecular weight is 173 g/mol. The van der Waals surface area contributed by atoms with Gasteiger partial charge < -0.3 is 5.11 Å². The molecule has 0 saturated carbocycles. The van der Waals surface area contributed by atoms with Gasteiger partial charge in [0.1, 0.15) is 0 Å². The third-order valence-electron chi connectivity index (χ3n) is 1.81. The molecule has 0 amide bonds. The minimum atomic E-state index is -0.509. The maximum absolute atomic E-state index is 9.53. The average Bonchev–Trinajstić information content (AvgIpc) is 2.18. The summed E-state index contributed by atoms with van der Waals surface area (Å²) in [5.74, 6) is 0. The Morgan fingerprint density at radius 3 is 2.54 bits per heavy atom. The maximum Gasteiger partial charge on any atom is 0.0991 e. The number of hydrogen-bond acceptors (Lipinski definition) is 2. The summed E-state index contributed by atoms with van der Waals surface area (Å²) in [6.45, 7) is 3.55. The number of nitriles is 1. The van der Waals surface area contributed by atoms with E-state index in [-0.39, 0.29) is 0 Å². The van der Waals surface area contributed by atoms with Gasteiger partial charge in [0.15, 0.2) is 0 Å². The first-order valence-electron chi connectivity index (χ1n) is 4.07. The quantitative estimate of drug-likeness (QED) is 0.712. The monoisotopic (exact) mass is 173 g/mol. The second kappa shape index (κ2) is 4.44. The minimum absolute atomic E-state index is 0.509. The lowest BCUT2D eigenvalue weighted by Crippen LogP contribution is -1.94. The fraction of sp³-hybridized carbons (Fsp3) is 0.182. The molecule has 66 valence electrons. The number of rotatable bonds is 3. The van der Waals surface area contributed by atoms with Crippen LogP contribution in [0.25, 0.3) is 0 Å². The summed E-state index contributed by atoms with van der Waals surface area (Å²) in [5.41, 5.74) is 1.42. The SMILES string of the molecule is C=CCC(O)c1ccc(C#N)cc1. The van der Waals surface area contributed by atoms with E-state index in [1.165, 1.54) is 0 Å². The van der Waals surface area contributed by atoms with Crippen molar-refractivity contribution in [3.05, 3.63) is 48.0 Å². The lowest BCUT2D eigenvalue weighted by atomic mass is 10.1. The van der Waals surface area contributed by atoms with E-state index in [0.29, 0.717) is 12.0 Å². The molecule has 1 rings (SSSR count). The summed E-state index contributed by atoms with van der Waals surface area (Å²) in [7, 11) is 0. The topological polar surface area (TPSA) is 44.0 Å². The van der Waals surface area contributed by atoms with Gasteiger partial charge in [-0.1, -0.05) is 18.2 Å². The molecule has 1 unspecified atom stereocenters. The third kappa shape index (κ3) is 2.43. The summed E-state index contributed by atoms with van der Waals surface area (Å²) in [6.07, 6.45) is 1.69. The van der Waals surface area contributed by atoms with E-state index in [1.54, 1.807) is 30.3 Å². The first-order valence-corrected chi connectivity index (χ1v) is 4.07. The van der Waals surface area contributed by atoms with Crippen LogP contribution >= 0.6 is 0 Å². The van der Waals surface area contributed by atoms with Crippen molar-refractivity contribution >= 4 is 0 Å². The van der Waals surface area contributed by atoms with E-state index in [1.807, 2.05) is 6.07 Å². The van der Waals surface area contributed by atoms with Crippen LogP contribution in [0, 0.1) is 11.3 Å². The second-order valence-corrected chi connectivity index (χ2v) is 2.77. The van der Waals surface area contributed by atoms with Gasteiger partial charge in [0.25, 0.3) is 0 Å². The highest BCUT2D eigenvalue weighted by atomic mass is 16.3. The van der Waals surface area contributed by atoms with Gasteiger partial charge in [-0.25, -0.2) is 0 Å². The zero-order chi connectivity index (χ0) is 9.68. The Labute approximate surface area is 77.8 Å². The van der Waals surface area contributed by atoms with Gasteiger partial charge in [-0.3, -0.25) is 0 Å². The van der Waals surface area contributed by atoms with Crippen LogP contribution in [0.5, 0.6) is 0 Å². The first-order chi connectivity index (χ1) is 6.27. The Bertz CT molecular complexity index is 321. The molecule has 1 aromatic carbocycles. The highest BCUT2D eigenvalue weighted by molar-refractivity contribution is 5.32. The number of aliphatic hydroxyl groups is 1. The number of nitrogens with zero attached hydrogens (tertiary/aromatic N) is 1. The summed E-state index contributed by atoms with van der Waals surface area (Å²) in [5, 5.41) is 18.1.